The number of carbonyl (C=O) groups excluding carboxylic acids is 2. The van der Waals surface area contributed by atoms with Crippen LogP contribution in [0.3, 0.4) is 0 Å². The van der Waals surface area contributed by atoms with Crippen molar-refractivity contribution in [2.45, 2.75) is 26.1 Å². The second kappa shape index (κ2) is 11.3. The number of carbonyl (C=O) groups is 2. The first-order valence-electron chi connectivity index (χ1n) is 9.87. The number of nitrogens with zero attached hydrogens (tertiary/aromatic N) is 2. The molecule has 0 saturated heterocycles. The van der Waals surface area contributed by atoms with Gasteiger partial charge in [0.1, 0.15) is 11.8 Å². The lowest BCUT2D eigenvalue weighted by Crippen LogP contribution is -2.50. The van der Waals surface area contributed by atoms with Crippen LogP contribution < -0.4 is 10.1 Å². The van der Waals surface area contributed by atoms with E-state index in [1.165, 1.54) is 11.9 Å². The number of rotatable bonds is 10. The fourth-order valence-corrected chi connectivity index (χ4v) is 3.32. The first-order valence-corrected chi connectivity index (χ1v) is 12.1. The lowest BCUT2D eigenvalue weighted by atomic mass is 10.1. The monoisotopic (exact) mass is 481 g/mol. The second-order valence-corrected chi connectivity index (χ2v) is 9.93. The minimum Gasteiger partial charge on any atom is -0.497 e. The largest absolute Gasteiger partial charge is 0.497 e. The van der Waals surface area contributed by atoms with Crippen molar-refractivity contribution < 1.29 is 22.7 Å². The van der Waals surface area contributed by atoms with Crippen molar-refractivity contribution >= 4 is 33.4 Å². The van der Waals surface area contributed by atoms with Crippen LogP contribution in [0.4, 0.5) is 0 Å². The molecule has 1 atom stereocenters. The van der Waals surface area contributed by atoms with Gasteiger partial charge < -0.3 is 15.0 Å². The molecule has 0 fully saturated rings. The molecule has 0 radical (unpaired) electrons. The summed E-state index contributed by atoms with van der Waals surface area (Å²) in [5.74, 6) is -0.177. The van der Waals surface area contributed by atoms with Crippen molar-refractivity contribution in [2.75, 3.05) is 27.0 Å². The molecule has 174 valence electrons. The molecular formula is C22H28ClN3O5S. The number of methoxy groups -OCH3 is 1. The molecule has 2 aromatic rings. The molecule has 2 amide bonds. The van der Waals surface area contributed by atoms with Gasteiger partial charge in [-0.25, -0.2) is 8.42 Å². The highest BCUT2D eigenvalue weighted by Gasteiger charge is 2.28. The maximum atomic E-state index is 13.0. The van der Waals surface area contributed by atoms with E-state index in [2.05, 4.69) is 5.32 Å². The Morgan fingerprint density at radius 3 is 2.16 bits per heavy atom. The first-order chi connectivity index (χ1) is 15.0. The van der Waals surface area contributed by atoms with E-state index < -0.39 is 22.0 Å². The third-order valence-electron chi connectivity index (χ3n) is 4.98. The Morgan fingerprint density at radius 1 is 1.06 bits per heavy atom. The number of sulfonamides is 1. The molecule has 0 heterocycles. The van der Waals surface area contributed by atoms with Crippen LogP contribution >= 0.6 is 11.6 Å². The summed E-state index contributed by atoms with van der Waals surface area (Å²) in [6.07, 6.45) is 1.02. The molecule has 0 aliphatic heterocycles. The Labute approximate surface area is 194 Å². The number of nitrogens with one attached hydrogen (secondary N) is 1. The molecule has 2 aromatic carbocycles. The third-order valence-corrected chi connectivity index (χ3v) is 6.50. The SMILES string of the molecule is COc1ccc(CN(C(=O)CN(C)S(C)(=O)=O)[C@@H](C)C(=O)NCc2ccc(Cl)cc2)cc1. The summed E-state index contributed by atoms with van der Waals surface area (Å²) in [6, 6.07) is 13.3. The van der Waals surface area contributed by atoms with Gasteiger partial charge in [-0.05, 0) is 42.3 Å². The van der Waals surface area contributed by atoms with Gasteiger partial charge in [-0.1, -0.05) is 35.9 Å². The van der Waals surface area contributed by atoms with Gasteiger partial charge in [0.25, 0.3) is 0 Å². The molecule has 1 N–H and O–H groups in total. The fraction of sp³-hybridized carbons (Fsp3) is 0.364. The van der Waals surface area contributed by atoms with E-state index in [9.17, 15) is 18.0 Å². The van der Waals surface area contributed by atoms with Gasteiger partial charge in [-0.3, -0.25) is 9.59 Å². The maximum absolute atomic E-state index is 13.0. The number of halogens is 1. The van der Waals surface area contributed by atoms with Crippen LogP contribution in [-0.2, 0) is 32.7 Å². The molecular weight excluding hydrogens is 454 g/mol. The van der Waals surface area contributed by atoms with Crippen LogP contribution in [0, 0.1) is 0 Å². The van der Waals surface area contributed by atoms with Gasteiger partial charge in [0.05, 0.1) is 19.9 Å². The van der Waals surface area contributed by atoms with Crippen molar-refractivity contribution in [3.05, 3.63) is 64.7 Å². The molecule has 0 spiro atoms. The predicted molar refractivity (Wildman–Crippen MR) is 124 cm³/mol. The fourth-order valence-electron chi connectivity index (χ4n) is 2.85. The summed E-state index contributed by atoms with van der Waals surface area (Å²) < 4.78 is 29.6. The normalized spacial score (nSPS) is 12.3. The molecule has 10 heteroatoms. The number of hydrogen-bond acceptors (Lipinski definition) is 5. The van der Waals surface area contributed by atoms with E-state index in [-0.39, 0.29) is 25.5 Å². The number of benzene rings is 2. The average molecular weight is 482 g/mol. The van der Waals surface area contributed by atoms with Gasteiger partial charge in [-0.2, -0.15) is 4.31 Å². The van der Waals surface area contributed by atoms with Crippen LogP contribution in [0.25, 0.3) is 0 Å². The van der Waals surface area contributed by atoms with Gasteiger partial charge in [-0.15, -0.1) is 0 Å². The van der Waals surface area contributed by atoms with Crippen LogP contribution in [0.1, 0.15) is 18.1 Å². The zero-order chi connectivity index (χ0) is 23.9. The van der Waals surface area contributed by atoms with Crippen LogP contribution in [0.15, 0.2) is 48.5 Å². The lowest BCUT2D eigenvalue weighted by Gasteiger charge is -2.30. The molecule has 32 heavy (non-hydrogen) atoms. The summed E-state index contributed by atoms with van der Waals surface area (Å²) in [6.45, 7) is 1.65. The Balaban J connectivity index is 2.17. The summed E-state index contributed by atoms with van der Waals surface area (Å²) in [7, 11) is -0.673. The highest BCUT2D eigenvalue weighted by atomic mass is 35.5. The van der Waals surface area contributed by atoms with Crippen LogP contribution in [0.5, 0.6) is 5.75 Å². The van der Waals surface area contributed by atoms with E-state index >= 15 is 0 Å². The Bertz CT molecular complexity index is 1030. The molecule has 0 unspecified atom stereocenters. The topological polar surface area (TPSA) is 96.0 Å². The minimum absolute atomic E-state index is 0.135. The summed E-state index contributed by atoms with van der Waals surface area (Å²) >= 11 is 5.88. The molecule has 0 aromatic heterocycles. The van der Waals surface area contributed by atoms with Crippen LogP contribution in [-0.4, -0.2) is 62.4 Å². The second-order valence-electron chi connectivity index (χ2n) is 7.41. The Kier molecular flexibility index (Phi) is 9.06. The van der Waals surface area contributed by atoms with Gasteiger partial charge in [0, 0.05) is 25.2 Å². The molecule has 2 rings (SSSR count). The predicted octanol–water partition coefficient (Wildman–Crippen LogP) is 2.27. The van der Waals surface area contributed by atoms with Gasteiger partial charge in [0.2, 0.25) is 21.8 Å². The van der Waals surface area contributed by atoms with Crippen molar-refractivity contribution in [1.82, 2.24) is 14.5 Å². The van der Waals surface area contributed by atoms with Crippen molar-refractivity contribution in [1.29, 1.82) is 0 Å². The van der Waals surface area contributed by atoms with Gasteiger partial charge in [0.15, 0.2) is 0 Å². The van der Waals surface area contributed by atoms with E-state index in [4.69, 9.17) is 16.3 Å². The summed E-state index contributed by atoms with van der Waals surface area (Å²) in [4.78, 5) is 27.2. The van der Waals surface area contributed by atoms with E-state index in [1.54, 1.807) is 62.6 Å². The van der Waals surface area contributed by atoms with Crippen LogP contribution in [0.2, 0.25) is 5.02 Å². The molecule has 8 nitrogen and oxygen atoms in total. The lowest BCUT2D eigenvalue weighted by molar-refractivity contribution is -0.140. The zero-order valence-corrected chi connectivity index (χ0v) is 20.1. The average Bonchev–Trinajstić information content (AvgIpc) is 2.76. The first kappa shape index (κ1) is 25.6. The quantitative estimate of drug-likeness (QED) is 0.561. The Morgan fingerprint density at radius 2 is 1.62 bits per heavy atom. The van der Waals surface area contributed by atoms with E-state index in [0.29, 0.717) is 10.8 Å². The molecule has 0 saturated carbocycles. The summed E-state index contributed by atoms with van der Waals surface area (Å²) in [5, 5.41) is 3.41. The van der Waals surface area contributed by atoms with E-state index in [0.717, 1.165) is 21.7 Å². The number of amides is 2. The number of likely N-dealkylation sites (N-methyl/N-ethyl adjacent to an activating group) is 1. The summed E-state index contributed by atoms with van der Waals surface area (Å²) in [5.41, 5.74) is 1.64. The van der Waals surface area contributed by atoms with Gasteiger partial charge >= 0.3 is 0 Å². The smallest absolute Gasteiger partial charge is 0.242 e. The molecule has 0 bridgehead atoms. The van der Waals surface area contributed by atoms with Crippen molar-refractivity contribution in [3.8, 4) is 5.75 Å². The highest BCUT2D eigenvalue weighted by molar-refractivity contribution is 7.88. The molecule has 0 aliphatic carbocycles. The minimum atomic E-state index is -3.55. The zero-order valence-electron chi connectivity index (χ0n) is 18.5. The maximum Gasteiger partial charge on any atom is 0.242 e. The van der Waals surface area contributed by atoms with Crippen molar-refractivity contribution in [2.24, 2.45) is 0 Å². The third kappa shape index (κ3) is 7.51. The van der Waals surface area contributed by atoms with E-state index in [1.807, 2.05) is 0 Å². The highest BCUT2D eigenvalue weighted by Crippen LogP contribution is 2.16. The Hall–Kier alpha value is -2.62. The number of ether oxygens (including phenoxy) is 1. The van der Waals surface area contributed by atoms with Crippen molar-refractivity contribution in [3.63, 3.8) is 0 Å². The number of hydrogen-bond donors (Lipinski definition) is 1. The molecule has 0 aliphatic rings. The standard InChI is InChI=1S/C22H28ClN3O5S/c1-16(22(28)24-13-17-5-9-19(23)10-6-17)26(21(27)15-25(2)32(4,29)30)14-18-7-11-20(31-3)12-8-18/h5-12,16H,13-15H2,1-4H3,(H,24,28)/t16-/m0/s1.